The summed E-state index contributed by atoms with van der Waals surface area (Å²) in [6.45, 7) is 6.99. The minimum absolute atomic E-state index is 0.234. The third-order valence-electron chi connectivity index (χ3n) is 5.45. The van der Waals surface area contributed by atoms with Crippen LogP contribution < -0.4 is 0 Å². The van der Waals surface area contributed by atoms with Crippen LogP contribution in [0.2, 0.25) is 0 Å². The quantitative estimate of drug-likeness (QED) is 0.760. The molecule has 0 radical (unpaired) electrons. The summed E-state index contributed by atoms with van der Waals surface area (Å²) < 4.78 is 12.2. The molecule has 0 aromatic heterocycles. The second-order valence-corrected chi connectivity index (χ2v) is 7.83. The Balaban J connectivity index is 2.16. The standard InChI is InChI=1S/C13H21NOS/c1-12(2)10-5-6-13(12,3)11(9-10)16(15)8-4-7-14/h10-11H,4-6,8-9H2,1-3H3/t10-,11-,13+,16?/m0/s1. The Bertz CT molecular complexity index is 357. The molecule has 2 aliphatic rings. The van der Waals surface area contributed by atoms with Crippen LogP contribution in [0.15, 0.2) is 0 Å². The monoisotopic (exact) mass is 239 g/mol. The first-order chi connectivity index (χ1) is 7.43. The van der Waals surface area contributed by atoms with Crippen molar-refractivity contribution in [2.45, 2.75) is 51.7 Å². The fourth-order valence-electron chi connectivity index (χ4n) is 3.82. The van der Waals surface area contributed by atoms with Crippen LogP contribution >= 0.6 is 0 Å². The predicted molar refractivity (Wildman–Crippen MR) is 66.3 cm³/mol. The Morgan fingerprint density at radius 1 is 1.44 bits per heavy atom. The first-order valence-corrected chi connectivity index (χ1v) is 7.56. The number of nitrogens with zero attached hydrogens (tertiary/aromatic N) is 1. The van der Waals surface area contributed by atoms with Gasteiger partial charge in [-0.05, 0) is 36.0 Å². The minimum atomic E-state index is -0.803. The first-order valence-electron chi connectivity index (χ1n) is 6.17. The van der Waals surface area contributed by atoms with Crippen LogP contribution in [-0.4, -0.2) is 15.2 Å². The molecule has 3 heteroatoms. The van der Waals surface area contributed by atoms with E-state index in [1.807, 2.05) is 0 Å². The zero-order valence-electron chi connectivity index (χ0n) is 10.5. The maximum absolute atomic E-state index is 12.2. The molecular weight excluding hydrogens is 218 g/mol. The van der Waals surface area contributed by atoms with Gasteiger partial charge in [-0.2, -0.15) is 5.26 Å². The second-order valence-electron chi connectivity index (χ2n) is 6.09. The fraction of sp³-hybridized carbons (Fsp3) is 0.923. The Morgan fingerprint density at radius 2 is 2.12 bits per heavy atom. The van der Waals surface area contributed by atoms with Crippen molar-refractivity contribution < 1.29 is 4.21 Å². The van der Waals surface area contributed by atoms with Crippen molar-refractivity contribution in [3.05, 3.63) is 0 Å². The molecular formula is C13H21NOS. The third-order valence-corrected chi connectivity index (χ3v) is 7.40. The third kappa shape index (κ3) is 1.46. The molecule has 4 atom stereocenters. The van der Waals surface area contributed by atoms with Crippen molar-refractivity contribution in [2.75, 3.05) is 5.75 Å². The number of rotatable bonds is 3. The summed E-state index contributed by atoms with van der Waals surface area (Å²) in [5, 5.41) is 8.90. The average Bonchev–Trinajstić information content (AvgIpc) is 2.57. The zero-order valence-corrected chi connectivity index (χ0v) is 11.3. The van der Waals surface area contributed by atoms with Crippen molar-refractivity contribution in [3.8, 4) is 6.07 Å². The van der Waals surface area contributed by atoms with Crippen LogP contribution in [0.5, 0.6) is 0 Å². The summed E-state index contributed by atoms with van der Waals surface area (Å²) >= 11 is 0. The van der Waals surface area contributed by atoms with Crippen molar-refractivity contribution in [1.82, 2.24) is 0 Å². The van der Waals surface area contributed by atoms with Crippen molar-refractivity contribution in [3.63, 3.8) is 0 Å². The topological polar surface area (TPSA) is 40.9 Å². The summed E-state index contributed by atoms with van der Waals surface area (Å²) in [6, 6.07) is 2.11. The Kier molecular flexibility index (Phi) is 2.90. The summed E-state index contributed by atoms with van der Waals surface area (Å²) in [5.74, 6) is 1.31. The molecule has 0 amide bonds. The molecule has 16 heavy (non-hydrogen) atoms. The van der Waals surface area contributed by atoms with Crippen molar-refractivity contribution >= 4 is 10.8 Å². The van der Waals surface area contributed by atoms with Gasteiger partial charge in [0.25, 0.3) is 0 Å². The Hall–Kier alpha value is -0.360. The predicted octanol–water partition coefficient (Wildman–Crippen LogP) is 2.86. The van der Waals surface area contributed by atoms with E-state index in [1.165, 1.54) is 12.8 Å². The van der Waals surface area contributed by atoms with E-state index in [2.05, 4.69) is 26.8 Å². The summed E-state index contributed by atoms with van der Waals surface area (Å²) in [7, 11) is -0.803. The van der Waals surface area contributed by atoms with Gasteiger partial charge in [0.05, 0.1) is 6.07 Å². The molecule has 2 nitrogen and oxygen atoms in total. The van der Waals surface area contributed by atoms with E-state index in [1.54, 1.807) is 0 Å². The summed E-state index contributed by atoms with van der Waals surface area (Å²) in [6.07, 6.45) is 4.06. The molecule has 0 saturated heterocycles. The fourth-order valence-corrected chi connectivity index (χ4v) is 5.84. The zero-order chi connectivity index (χ0) is 12.0. The van der Waals surface area contributed by atoms with E-state index < -0.39 is 10.8 Å². The molecule has 0 heterocycles. The van der Waals surface area contributed by atoms with Gasteiger partial charge >= 0.3 is 0 Å². The van der Waals surface area contributed by atoms with E-state index in [0.29, 0.717) is 22.8 Å². The molecule has 1 unspecified atom stereocenters. The van der Waals surface area contributed by atoms with Crippen LogP contribution in [0.1, 0.15) is 46.5 Å². The van der Waals surface area contributed by atoms with Crippen LogP contribution in [0, 0.1) is 28.1 Å². The number of hydrogen-bond donors (Lipinski definition) is 0. The molecule has 2 rings (SSSR count). The smallest absolute Gasteiger partial charge is 0.0631 e. The molecule has 90 valence electrons. The van der Waals surface area contributed by atoms with E-state index in [0.717, 1.165) is 12.3 Å². The highest BCUT2D eigenvalue weighted by atomic mass is 32.2. The lowest BCUT2D eigenvalue weighted by Crippen LogP contribution is -2.38. The van der Waals surface area contributed by atoms with Crippen LogP contribution in [0.4, 0.5) is 0 Å². The van der Waals surface area contributed by atoms with Gasteiger partial charge in [0.15, 0.2) is 0 Å². The van der Waals surface area contributed by atoms with Gasteiger partial charge in [-0.25, -0.2) is 0 Å². The molecule has 0 aliphatic heterocycles. The van der Waals surface area contributed by atoms with Gasteiger partial charge in [-0.15, -0.1) is 0 Å². The van der Waals surface area contributed by atoms with Gasteiger partial charge in [-0.3, -0.25) is 4.21 Å². The maximum Gasteiger partial charge on any atom is 0.0631 e. The molecule has 2 aliphatic carbocycles. The minimum Gasteiger partial charge on any atom is -0.259 e. The SMILES string of the molecule is CC1(C)[C@H]2CC[C@]1(C)[C@@H](S(=O)CCC#N)C2. The maximum atomic E-state index is 12.2. The number of fused-ring (bicyclic) bond motifs is 2. The van der Waals surface area contributed by atoms with Gasteiger partial charge in [0.1, 0.15) is 0 Å². The lowest BCUT2D eigenvalue weighted by atomic mass is 9.71. The van der Waals surface area contributed by atoms with Crippen LogP contribution in [0.25, 0.3) is 0 Å². The van der Waals surface area contributed by atoms with Gasteiger partial charge in [-0.1, -0.05) is 20.8 Å². The average molecular weight is 239 g/mol. The van der Waals surface area contributed by atoms with Crippen LogP contribution in [0.3, 0.4) is 0 Å². The Morgan fingerprint density at radius 3 is 2.56 bits per heavy atom. The largest absolute Gasteiger partial charge is 0.259 e. The van der Waals surface area contributed by atoms with E-state index in [4.69, 9.17) is 5.26 Å². The highest BCUT2D eigenvalue weighted by molar-refractivity contribution is 7.85. The number of hydrogen-bond acceptors (Lipinski definition) is 2. The van der Waals surface area contributed by atoms with Gasteiger partial charge in [0.2, 0.25) is 0 Å². The van der Waals surface area contributed by atoms with Gasteiger partial charge < -0.3 is 0 Å². The lowest BCUT2D eigenvalue weighted by Gasteiger charge is -2.38. The van der Waals surface area contributed by atoms with Gasteiger partial charge in [0, 0.05) is 28.2 Å². The molecule has 0 spiro atoms. The van der Waals surface area contributed by atoms with E-state index >= 15 is 0 Å². The Labute approximate surface area is 101 Å². The van der Waals surface area contributed by atoms with E-state index in [-0.39, 0.29) is 5.41 Å². The molecule has 2 bridgehead atoms. The highest BCUT2D eigenvalue weighted by Gasteiger charge is 2.62. The molecule has 0 aromatic carbocycles. The molecule has 2 fully saturated rings. The van der Waals surface area contributed by atoms with Crippen molar-refractivity contribution in [2.24, 2.45) is 16.7 Å². The lowest BCUT2D eigenvalue weighted by molar-refractivity contribution is 0.155. The molecule has 0 N–H and O–H groups in total. The number of nitriles is 1. The molecule has 0 aromatic rings. The highest BCUT2D eigenvalue weighted by Crippen LogP contribution is 2.66. The normalized spacial score (nSPS) is 41.9. The first kappa shape index (κ1) is 12.1. The van der Waals surface area contributed by atoms with Crippen molar-refractivity contribution in [1.29, 1.82) is 5.26 Å². The van der Waals surface area contributed by atoms with Crippen LogP contribution in [-0.2, 0) is 10.8 Å². The summed E-state index contributed by atoms with van der Waals surface area (Å²) in [5.41, 5.74) is 0.567. The van der Waals surface area contributed by atoms with E-state index in [9.17, 15) is 4.21 Å². The molecule has 2 saturated carbocycles. The second kappa shape index (κ2) is 3.84. The summed E-state index contributed by atoms with van der Waals surface area (Å²) in [4.78, 5) is 0.